The van der Waals surface area contributed by atoms with Crippen LogP contribution in [0.5, 0.6) is 5.75 Å². The molecule has 4 nitrogen and oxygen atoms in total. The van der Waals surface area contributed by atoms with Crippen LogP contribution >= 0.6 is 0 Å². The summed E-state index contributed by atoms with van der Waals surface area (Å²) < 4.78 is 13.1. The molecule has 92 valence electrons. The van der Waals surface area contributed by atoms with Gasteiger partial charge in [0.2, 0.25) is 0 Å². The largest absolute Gasteiger partial charge is 0.507 e. The number of aromatic hydroxyl groups is 1. The number of nitrogens with two attached hydrogens (primary N) is 1. The Kier molecular flexibility index (Phi) is 2.89. The van der Waals surface area contributed by atoms with E-state index in [-0.39, 0.29) is 22.6 Å². The van der Waals surface area contributed by atoms with Crippen LogP contribution in [0.1, 0.15) is 10.4 Å². The van der Waals surface area contributed by atoms with Crippen molar-refractivity contribution in [2.75, 3.05) is 5.73 Å². The molecule has 0 aliphatic carbocycles. The van der Waals surface area contributed by atoms with Gasteiger partial charge in [0.1, 0.15) is 11.6 Å². The van der Waals surface area contributed by atoms with Crippen molar-refractivity contribution in [2.45, 2.75) is 0 Å². The highest BCUT2D eigenvalue weighted by molar-refractivity contribution is 5.91. The fourth-order valence-electron chi connectivity index (χ4n) is 1.67. The number of phenols is 1. The van der Waals surface area contributed by atoms with Crippen molar-refractivity contribution in [3.05, 3.63) is 47.8 Å². The number of hydrogen-bond donors (Lipinski definition) is 3. The van der Waals surface area contributed by atoms with Gasteiger partial charge in [-0.25, -0.2) is 9.18 Å². The fraction of sp³-hybridized carbons (Fsp3) is 0. The van der Waals surface area contributed by atoms with E-state index in [2.05, 4.69) is 0 Å². The van der Waals surface area contributed by atoms with Crippen LogP contribution in [0.25, 0.3) is 11.1 Å². The van der Waals surface area contributed by atoms with Crippen LogP contribution in [0.2, 0.25) is 0 Å². The molecule has 2 aromatic rings. The number of aromatic carboxylic acids is 1. The third-order valence-electron chi connectivity index (χ3n) is 2.47. The minimum atomic E-state index is -1.14. The second-order valence-electron chi connectivity index (χ2n) is 3.81. The lowest BCUT2D eigenvalue weighted by Gasteiger charge is -2.07. The van der Waals surface area contributed by atoms with Gasteiger partial charge in [-0.15, -0.1) is 0 Å². The van der Waals surface area contributed by atoms with Gasteiger partial charge in [0, 0.05) is 11.3 Å². The van der Waals surface area contributed by atoms with E-state index in [0.717, 1.165) is 12.1 Å². The molecule has 0 fully saturated rings. The van der Waals surface area contributed by atoms with Crippen LogP contribution in [0.3, 0.4) is 0 Å². The van der Waals surface area contributed by atoms with Crippen molar-refractivity contribution in [2.24, 2.45) is 0 Å². The van der Waals surface area contributed by atoms with Gasteiger partial charge in [-0.1, -0.05) is 0 Å². The Morgan fingerprint density at radius 2 is 1.89 bits per heavy atom. The van der Waals surface area contributed by atoms with Gasteiger partial charge in [-0.2, -0.15) is 0 Å². The number of halogens is 1. The first kappa shape index (κ1) is 11.9. The normalized spacial score (nSPS) is 10.3. The number of carbonyl (C=O) groups is 1. The minimum absolute atomic E-state index is 0.0198. The predicted octanol–water partition coefficient (Wildman–Crippen LogP) is 2.48. The lowest BCUT2D eigenvalue weighted by atomic mass is 10.0. The number of anilines is 1. The van der Waals surface area contributed by atoms with Gasteiger partial charge in [-0.05, 0) is 42.0 Å². The molecule has 0 aliphatic rings. The highest BCUT2D eigenvalue weighted by atomic mass is 19.1. The summed E-state index contributed by atoms with van der Waals surface area (Å²) in [7, 11) is 0. The molecule has 0 aromatic heterocycles. The predicted molar refractivity (Wildman–Crippen MR) is 64.9 cm³/mol. The van der Waals surface area contributed by atoms with Gasteiger partial charge in [0.05, 0.1) is 5.56 Å². The van der Waals surface area contributed by atoms with E-state index in [1.165, 1.54) is 24.3 Å². The van der Waals surface area contributed by atoms with E-state index in [1.807, 2.05) is 0 Å². The van der Waals surface area contributed by atoms with Crippen molar-refractivity contribution in [1.82, 2.24) is 0 Å². The number of nitrogen functional groups attached to an aromatic ring is 1. The standard InChI is InChI=1S/C13H10FNO3/c14-9-1-2-12(16)11(6-9)7-3-8(13(17)18)5-10(15)4-7/h1-6,16H,15H2,(H,17,18). The fourth-order valence-corrected chi connectivity index (χ4v) is 1.67. The number of benzene rings is 2. The molecular weight excluding hydrogens is 237 g/mol. The molecule has 4 N–H and O–H groups in total. The SMILES string of the molecule is Nc1cc(C(=O)O)cc(-c2cc(F)ccc2O)c1. The van der Waals surface area contributed by atoms with E-state index >= 15 is 0 Å². The lowest BCUT2D eigenvalue weighted by molar-refractivity contribution is 0.0697. The molecule has 5 heteroatoms. The van der Waals surface area contributed by atoms with Crippen molar-refractivity contribution >= 4 is 11.7 Å². The van der Waals surface area contributed by atoms with Crippen molar-refractivity contribution in [1.29, 1.82) is 0 Å². The lowest BCUT2D eigenvalue weighted by Crippen LogP contribution is -1.99. The molecule has 0 atom stereocenters. The Morgan fingerprint density at radius 3 is 2.56 bits per heavy atom. The third-order valence-corrected chi connectivity index (χ3v) is 2.47. The monoisotopic (exact) mass is 247 g/mol. The summed E-state index contributed by atoms with van der Waals surface area (Å²) in [6.45, 7) is 0. The Bertz CT molecular complexity index is 626. The number of hydrogen-bond acceptors (Lipinski definition) is 3. The number of rotatable bonds is 2. The molecule has 0 saturated carbocycles. The van der Waals surface area contributed by atoms with Crippen LogP contribution in [0.15, 0.2) is 36.4 Å². The Morgan fingerprint density at radius 1 is 1.17 bits per heavy atom. The second kappa shape index (κ2) is 4.37. The molecule has 2 aromatic carbocycles. The van der Waals surface area contributed by atoms with Gasteiger partial charge >= 0.3 is 5.97 Å². The summed E-state index contributed by atoms with van der Waals surface area (Å²) in [6.07, 6.45) is 0. The van der Waals surface area contributed by atoms with Gasteiger partial charge in [-0.3, -0.25) is 0 Å². The highest BCUT2D eigenvalue weighted by Gasteiger charge is 2.10. The van der Waals surface area contributed by atoms with E-state index in [0.29, 0.717) is 5.56 Å². The van der Waals surface area contributed by atoms with Gasteiger partial charge in [0.25, 0.3) is 0 Å². The van der Waals surface area contributed by atoms with Crippen molar-refractivity contribution in [3.8, 4) is 16.9 Å². The number of phenolic OH excluding ortho intramolecular Hbond substituents is 1. The molecule has 2 rings (SSSR count). The van der Waals surface area contributed by atoms with Crippen LogP contribution < -0.4 is 5.73 Å². The molecule has 0 unspecified atom stereocenters. The summed E-state index contributed by atoms with van der Waals surface area (Å²) in [6, 6.07) is 7.53. The molecule has 0 spiro atoms. The molecule has 0 aliphatic heterocycles. The zero-order chi connectivity index (χ0) is 13.3. The Labute approximate surface area is 102 Å². The first-order chi connectivity index (χ1) is 8.47. The maximum Gasteiger partial charge on any atom is 0.335 e. The van der Waals surface area contributed by atoms with E-state index in [9.17, 15) is 14.3 Å². The van der Waals surface area contributed by atoms with Gasteiger partial charge in [0.15, 0.2) is 0 Å². The van der Waals surface area contributed by atoms with Crippen LogP contribution in [-0.2, 0) is 0 Å². The summed E-state index contributed by atoms with van der Waals surface area (Å²) in [5.74, 6) is -1.81. The molecule has 0 saturated heterocycles. The topological polar surface area (TPSA) is 83.6 Å². The highest BCUT2D eigenvalue weighted by Crippen LogP contribution is 2.31. The maximum atomic E-state index is 13.1. The number of carboxylic acids is 1. The molecule has 0 bridgehead atoms. The Hall–Kier alpha value is -2.56. The molecule has 0 radical (unpaired) electrons. The first-order valence-electron chi connectivity index (χ1n) is 5.10. The number of carboxylic acid groups (broad SMARTS) is 1. The quantitative estimate of drug-likeness (QED) is 0.712. The Balaban J connectivity index is 2.63. The summed E-state index contributed by atoms with van der Waals surface area (Å²) in [5, 5.41) is 18.6. The summed E-state index contributed by atoms with van der Waals surface area (Å²) >= 11 is 0. The summed E-state index contributed by atoms with van der Waals surface area (Å²) in [5.41, 5.74) is 6.34. The minimum Gasteiger partial charge on any atom is -0.507 e. The maximum absolute atomic E-state index is 13.1. The van der Waals surface area contributed by atoms with Gasteiger partial charge < -0.3 is 15.9 Å². The van der Waals surface area contributed by atoms with Crippen LogP contribution in [-0.4, -0.2) is 16.2 Å². The summed E-state index contributed by atoms with van der Waals surface area (Å²) in [4.78, 5) is 10.9. The van der Waals surface area contributed by atoms with E-state index in [1.54, 1.807) is 0 Å². The second-order valence-corrected chi connectivity index (χ2v) is 3.81. The average Bonchev–Trinajstić information content (AvgIpc) is 2.31. The van der Waals surface area contributed by atoms with Crippen molar-refractivity contribution < 1.29 is 19.4 Å². The van der Waals surface area contributed by atoms with E-state index < -0.39 is 11.8 Å². The smallest absolute Gasteiger partial charge is 0.335 e. The molecule has 18 heavy (non-hydrogen) atoms. The van der Waals surface area contributed by atoms with Crippen molar-refractivity contribution in [3.63, 3.8) is 0 Å². The third kappa shape index (κ3) is 2.24. The molecule has 0 amide bonds. The first-order valence-corrected chi connectivity index (χ1v) is 5.10. The molecule has 0 heterocycles. The molecular formula is C13H10FNO3. The van der Waals surface area contributed by atoms with Crippen LogP contribution in [0.4, 0.5) is 10.1 Å². The van der Waals surface area contributed by atoms with E-state index in [4.69, 9.17) is 10.8 Å². The zero-order valence-corrected chi connectivity index (χ0v) is 9.22. The average molecular weight is 247 g/mol. The van der Waals surface area contributed by atoms with Crippen LogP contribution in [0, 0.1) is 5.82 Å². The zero-order valence-electron chi connectivity index (χ0n) is 9.22.